The van der Waals surface area contributed by atoms with Gasteiger partial charge in [-0.15, -0.1) is 0 Å². The fraction of sp³-hybridized carbons (Fsp3) is 0.0769. The summed E-state index contributed by atoms with van der Waals surface area (Å²) in [6, 6.07) is 9.49. The number of hydrogen-bond donors (Lipinski definition) is 1. The van der Waals surface area contributed by atoms with E-state index in [0.29, 0.717) is 17.9 Å². The third kappa shape index (κ3) is 2.02. The van der Waals surface area contributed by atoms with E-state index in [1.165, 1.54) is 22.8 Å². The van der Waals surface area contributed by atoms with Gasteiger partial charge < -0.3 is 5.11 Å². The van der Waals surface area contributed by atoms with Gasteiger partial charge in [-0.2, -0.15) is 5.10 Å². The third-order valence-corrected chi connectivity index (χ3v) is 2.63. The minimum Gasteiger partial charge on any atom is -0.506 e. The second-order valence-corrected chi connectivity index (χ2v) is 4.02. The van der Waals surface area contributed by atoms with E-state index in [1.807, 2.05) is 0 Å². The number of pyridine rings is 1. The number of halogens is 1. The average Bonchev–Trinajstić information content (AvgIpc) is 2.73. The quantitative estimate of drug-likeness (QED) is 0.750. The van der Waals surface area contributed by atoms with Gasteiger partial charge in [0.05, 0.1) is 6.20 Å². The number of nitrogens with zero attached hydrogens (tertiary/aromatic N) is 3. The first kappa shape index (κ1) is 10.7. The molecule has 0 radical (unpaired) electrons. The van der Waals surface area contributed by atoms with Crippen molar-refractivity contribution in [2.45, 2.75) is 6.42 Å². The highest BCUT2D eigenvalue weighted by Crippen LogP contribution is 2.12. The molecule has 0 bridgehead atoms. The lowest BCUT2D eigenvalue weighted by Gasteiger charge is -1.96. The van der Waals surface area contributed by atoms with E-state index >= 15 is 0 Å². The molecule has 0 aliphatic carbocycles. The SMILES string of the molecule is Oc1ccc2nc(Cc3ccc(F)cc3)nn2c1. The minimum atomic E-state index is -0.258. The van der Waals surface area contributed by atoms with Crippen LogP contribution in [0.4, 0.5) is 4.39 Å². The van der Waals surface area contributed by atoms with E-state index in [-0.39, 0.29) is 11.6 Å². The largest absolute Gasteiger partial charge is 0.506 e. The first-order valence-corrected chi connectivity index (χ1v) is 5.49. The Bertz CT molecular complexity index is 691. The van der Waals surface area contributed by atoms with Gasteiger partial charge in [-0.05, 0) is 29.8 Å². The Kier molecular flexibility index (Phi) is 2.44. The summed E-state index contributed by atoms with van der Waals surface area (Å²) in [5, 5.41) is 13.6. The zero-order valence-corrected chi connectivity index (χ0v) is 9.42. The normalized spacial score (nSPS) is 10.9. The molecule has 5 heteroatoms. The zero-order valence-electron chi connectivity index (χ0n) is 9.42. The second-order valence-electron chi connectivity index (χ2n) is 4.02. The summed E-state index contributed by atoms with van der Waals surface area (Å²) in [6.45, 7) is 0. The lowest BCUT2D eigenvalue weighted by atomic mass is 10.1. The average molecular weight is 243 g/mol. The first-order chi connectivity index (χ1) is 8.70. The molecule has 0 unspecified atom stereocenters. The lowest BCUT2D eigenvalue weighted by molar-refractivity contribution is 0.470. The maximum absolute atomic E-state index is 12.8. The van der Waals surface area contributed by atoms with Crippen LogP contribution in [0, 0.1) is 5.82 Å². The standard InChI is InChI=1S/C13H10FN3O/c14-10-3-1-9(2-4-10)7-12-15-13-6-5-11(18)8-17(13)16-12/h1-6,8,18H,7H2. The fourth-order valence-electron chi connectivity index (χ4n) is 1.78. The molecule has 3 aromatic rings. The van der Waals surface area contributed by atoms with Gasteiger partial charge in [-0.1, -0.05) is 12.1 Å². The summed E-state index contributed by atoms with van der Waals surface area (Å²) in [5.41, 5.74) is 1.61. The molecule has 0 aliphatic heterocycles. The van der Waals surface area contributed by atoms with E-state index in [2.05, 4.69) is 10.1 Å². The van der Waals surface area contributed by atoms with Crippen molar-refractivity contribution in [3.63, 3.8) is 0 Å². The van der Waals surface area contributed by atoms with Crippen molar-refractivity contribution in [2.24, 2.45) is 0 Å². The molecule has 2 aromatic heterocycles. The van der Waals surface area contributed by atoms with Crippen LogP contribution in [0.5, 0.6) is 5.75 Å². The number of hydrogen-bond acceptors (Lipinski definition) is 3. The molecule has 90 valence electrons. The van der Waals surface area contributed by atoms with E-state index < -0.39 is 0 Å². The van der Waals surface area contributed by atoms with E-state index in [0.717, 1.165) is 5.56 Å². The molecule has 1 aromatic carbocycles. The van der Waals surface area contributed by atoms with Crippen LogP contribution in [0.1, 0.15) is 11.4 Å². The molecule has 18 heavy (non-hydrogen) atoms. The van der Waals surface area contributed by atoms with Gasteiger partial charge in [0.2, 0.25) is 0 Å². The van der Waals surface area contributed by atoms with E-state index in [1.54, 1.807) is 24.3 Å². The summed E-state index contributed by atoms with van der Waals surface area (Å²) < 4.78 is 14.3. The highest BCUT2D eigenvalue weighted by molar-refractivity contribution is 5.40. The summed E-state index contributed by atoms with van der Waals surface area (Å²) in [5.74, 6) is 0.513. The Hall–Kier alpha value is -2.43. The minimum absolute atomic E-state index is 0.140. The van der Waals surface area contributed by atoms with E-state index in [9.17, 15) is 9.50 Å². The second kappa shape index (κ2) is 4.10. The van der Waals surface area contributed by atoms with Crippen molar-refractivity contribution in [3.05, 3.63) is 59.8 Å². The molecule has 4 nitrogen and oxygen atoms in total. The highest BCUT2D eigenvalue weighted by atomic mass is 19.1. The topological polar surface area (TPSA) is 50.4 Å². The molecule has 0 saturated carbocycles. The summed E-state index contributed by atoms with van der Waals surface area (Å²) >= 11 is 0. The Labute approximate surface area is 102 Å². The molecule has 0 atom stereocenters. The first-order valence-electron chi connectivity index (χ1n) is 5.49. The maximum atomic E-state index is 12.8. The Morgan fingerprint density at radius 1 is 1.11 bits per heavy atom. The smallest absolute Gasteiger partial charge is 0.156 e. The van der Waals surface area contributed by atoms with Crippen LogP contribution in [-0.4, -0.2) is 19.7 Å². The van der Waals surface area contributed by atoms with Crippen LogP contribution in [-0.2, 0) is 6.42 Å². The molecule has 0 aliphatic rings. The van der Waals surface area contributed by atoms with Gasteiger partial charge in [-0.25, -0.2) is 13.9 Å². The van der Waals surface area contributed by atoms with Gasteiger partial charge in [-0.3, -0.25) is 0 Å². The Morgan fingerprint density at radius 3 is 2.67 bits per heavy atom. The number of fused-ring (bicyclic) bond motifs is 1. The van der Waals surface area contributed by atoms with Crippen molar-refractivity contribution in [2.75, 3.05) is 0 Å². The van der Waals surface area contributed by atoms with Crippen LogP contribution >= 0.6 is 0 Å². The maximum Gasteiger partial charge on any atom is 0.156 e. The van der Waals surface area contributed by atoms with Crippen molar-refractivity contribution in [1.29, 1.82) is 0 Å². The van der Waals surface area contributed by atoms with Crippen molar-refractivity contribution < 1.29 is 9.50 Å². The zero-order chi connectivity index (χ0) is 12.5. The summed E-state index contributed by atoms with van der Waals surface area (Å²) in [7, 11) is 0. The Morgan fingerprint density at radius 2 is 1.89 bits per heavy atom. The van der Waals surface area contributed by atoms with Crippen molar-refractivity contribution in [1.82, 2.24) is 14.6 Å². The van der Waals surface area contributed by atoms with Gasteiger partial charge >= 0.3 is 0 Å². The Balaban J connectivity index is 1.92. The lowest BCUT2D eigenvalue weighted by Crippen LogP contribution is -1.92. The number of rotatable bonds is 2. The molecular formula is C13H10FN3O. The molecule has 2 heterocycles. The van der Waals surface area contributed by atoms with Crippen LogP contribution in [0.3, 0.4) is 0 Å². The third-order valence-electron chi connectivity index (χ3n) is 2.63. The fourth-order valence-corrected chi connectivity index (χ4v) is 1.78. The van der Waals surface area contributed by atoms with Gasteiger partial charge in [0.1, 0.15) is 11.6 Å². The van der Waals surface area contributed by atoms with Gasteiger partial charge in [0, 0.05) is 6.42 Å². The van der Waals surface area contributed by atoms with Gasteiger partial charge in [0.15, 0.2) is 11.5 Å². The van der Waals surface area contributed by atoms with E-state index in [4.69, 9.17) is 0 Å². The van der Waals surface area contributed by atoms with Crippen molar-refractivity contribution >= 4 is 5.65 Å². The van der Waals surface area contributed by atoms with Gasteiger partial charge in [0.25, 0.3) is 0 Å². The number of aromatic hydroxyl groups is 1. The van der Waals surface area contributed by atoms with Crippen molar-refractivity contribution in [3.8, 4) is 5.75 Å². The van der Waals surface area contributed by atoms with Crippen LogP contribution in [0.25, 0.3) is 5.65 Å². The predicted octanol–water partition coefficient (Wildman–Crippen LogP) is 2.16. The monoisotopic (exact) mass is 243 g/mol. The summed E-state index contributed by atoms with van der Waals surface area (Å²) in [6.07, 6.45) is 2.03. The summed E-state index contributed by atoms with van der Waals surface area (Å²) in [4.78, 5) is 4.32. The molecular weight excluding hydrogens is 233 g/mol. The molecule has 3 rings (SSSR count). The van der Waals surface area contributed by atoms with Crippen LogP contribution < -0.4 is 0 Å². The highest BCUT2D eigenvalue weighted by Gasteiger charge is 2.05. The van der Waals surface area contributed by atoms with Crippen LogP contribution in [0.2, 0.25) is 0 Å². The number of benzene rings is 1. The molecule has 0 amide bonds. The molecule has 0 spiro atoms. The molecule has 1 N–H and O–H groups in total. The number of aromatic nitrogens is 3. The predicted molar refractivity (Wildman–Crippen MR) is 63.9 cm³/mol. The van der Waals surface area contributed by atoms with Crippen LogP contribution in [0.15, 0.2) is 42.6 Å². The molecule has 0 saturated heterocycles. The molecule has 0 fully saturated rings.